The van der Waals surface area contributed by atoms with Gasteiger partial charge in [0.25, 0.3) is 0 Å². The third-order valence-electron chi connectivity index (χ3n) is 5.06. The molecule has 0 saturated heterocycles. The molecule has 1 heterocycles. The lowest BCUT2D eigenvalue weighted by Crippen LogP contribution is -2.41. The van der Waals surface area contributed by atoms with Crippen molar-refractivity contribution in [1.82, 2.24) is 0 Å². The Labute approximate surface area is 197 Å². The number of halogens is 2. The number of esters is 2. The van der Waals surface area contributed by atoms with Gasteiger partial charge in [-0.25, -0.2) is 9.59 Å². The topological polar surface area (TPSA) is 149 Å². The highest BCUT2D eigenvalue weighted by molar-refractivity contribution is 6.33. The molecule has 12 heteroatoms. The Hall–Kier alpha value is -4.43. The molecule has 3 rings (SSSR count). The fourth-order valence-corrected chi connectivity index (χ4v) is 3.84. The minimum atomic E-state index is -1.29. The highest BCUT2D eigenvalue weighted by Gasteiger charge is 2.43. The molecule has 10 nitrogen and oxygen atoms in total. The fourth-order valence-electron chi connectivity index (χ4n) is 3.60. The van der Waals surface area contributed by atoms with E-state index in [-0.39, 0.29) is 27.7 Å². The van der Waals surface area contributed by atoms with Crippen LogP contribution in [-0.2, 0) is 19.1 Å². The first-order valence-electron chi connectivity index (χ1n) is 9.46. The van der Waals surface area contributed by atoms with Crippen LogP contribution in [0.4, 0.5) is 15.8 Å². The number of carbonyl (C=O) groups excluding carboxylic acids is 2. The number of benzene rings is 2. The van der Waals surface area contributed by atoms with Crippen molar-refractivity contribution in [2.45, 2.75) is 5.92 Å². The first-order chi connectivity index (χ1) is 16.2. The molecular weight excluding hydrogens is 471 g/mol. The fraction of sp³-hybridized carbons (Fsp3) is 0.136. The number of allylic oxidation sites excluding steroid dienone is 1. The molecule has 1 unspecified atom stereocenters. The van der Waals surface area contributed by atoms with Crippen molar-refractivity contribution in [3.05, 3.63) is 91.6 Å². The summed E-state index contributed by atoms with van der Waals surface area (Å²) in [6, 6.07) is 11.6. The minimum Gasteiger partial charge on any atom is -0.466 e. The molecule has 1 aliphatic rings. The van der Waals surface area contributed by atoms with E-state index in [1.165, 1.54) is 0 Å². The molecular formula is C22H16ClFN4O6. The molecule has 2 aromatic carbocycles. The van der Waals surface area contributed by atoms with Gasteiger partial charge in [0, 0.05) is 12.1 Å². The van der Waals surface area contributed by atoms with Crippen LogP contribution in [0.5, 0.6) is 0 Å². The summed E-state index contributed by atoms with van der Waals surface area (Å²) < 4.78 is 24.3. The van der Waals surface area contributed by atoms with E-state index in [1.54, 1.807) is 30.3 Å². The van der Waals surface area contributed by atoms with E-state index in [0.717, 1.165) is 25.2 Å². The van der Waals surface area contributed by atoms with Crippen LogP contribution in [0.25, 0.3) is 0 Å². The minimum absolute atomic E-state index is 0.172. The second-order valence-corrected chi connectivity index (χ2v) is 7.25. The summed E-state index contributed by atoms with van der Waals surface area (Å²) in [6.07, 6.45) is 0. The number of hydrogen-bond acceptors (Lipinski definition) is 9. The van der Waals surface area contributed by atoms with Gasteiger partial charge in [0.05, 0.1) is 53.0 Å². The highest BCUT2D eigenvalue weighted by atomic mass is 35.5. The van der Waals surface area contributed by atoms with Gasteiger partial charge < -0.3 is 15.2 Å². The molecule has 0 saturated carbocycles. The number of carbonyl (C=O) groups is 2. The van der Waals surface area contributed by atoms with Gasteiger partial charge in [-0.05, 0) is 5.56 Å². The smallest absolute Gasteiger partial charge is 0.355 e. The second-order valence-electron chi connectivity index (χ2n) is 6.85. The molecule has 34 heavy (non-hydrogen) atoms. The van der Waals surface area contributed by atoms with Crippen LogP contribution in [0.15, 0.2) is 65.1 Å². The zero-order valence-electron chi connectivity index (χ0n) is 17.7. The molecule has 1 aliphatic heterocycles. The van der Waals surface area contributed by atoms with E-state index in [9.17, 15) is 29.4 Å². The van der Waals surface area contributed by atoms with E-state index >= 15 is 0 Å². The Morgan fingerprint density at radius 1 is 1.21 bits per heavy atom. The van der Waals surface area contributed by atoms with Crippen molar-refractivity contribution in [3.8, 4) is 6.07 Å². The average Bonchev–Trinajstić information content (AvgIpc) is 2.83. The van der Waals surface area contributed by atoms with Crippen LogP contribution in [0.1, 0.15) is 11.5 Å². The molecule has 2 N–H and O–H groups in total. The van der Waals surface area contributed by atoms with Crippen LogP contribution in [0, 0.1) is 27.3 Å². The normalized spacial score (nSPS) is 15.6. The van der Waals surface area contributed by atoms with Gasteiger partial charge in [0.2, 0.25) is 5.82 Å². The van der Waals surface area contributed by atoms with Crippen molar-refractivity contribution in [2.24, 2.45) is 5.73 Å². The average molecular weight is 487 g/mol. The number of nitrogens with two attached hydrogens (primary N) is 1. The van der Waals surface area contributed by atoms with Crippen LogP contribution >= 0.6 is 11.6 Å². The van der Waals surface area contributed by atoms with Crippen molar-refractivity contribution >= 4 is 34.9 Å². The van der Waals surface area contributed by atoms with Crippen molar-refractivity contribution in [1.29, 1.82) is 5.26 Å². The lowest BCUT2D eigenvalue weighted by Gasteiger charge is -2.36. The standard InChI is InChI=1S/C22H16ClFN4O6/c1-33-21(29)18-17(11-6-4-3-5-7-11)12(10-25)20(26)27(19(18)22(30)34-2)15-9-14(24)16(28(31)32)8-13(15)23/h3-9,17H,26H2,1-2H3. The van der Waals surface area contributed by atoms with Crippen molar-refractivity contribution in [2.75, 3.05) is 19.1 Å². The number of anilines is 1. The Balaban J connectivity index is 2.45. The number of ether oxygens (including phenoxy) is 2. The summed E-state index contributed by atoms with van der Waals surface area (Å²) in [5.41, 5.74) is 4.47. The van der Waals surface area contributed by atoms with E-state index in [0.29, 0.717) is 11.6 Å². The van der Waals surface area contributed by atoms with Crippen LogP contribution in [0.3, 0.4) is 0 Å². The molecule has 0 radical (unpaired) electrons. The number of nitriles is 1. The third-order valence-corrected chi connectivity index (χ3v) is 5.37. The maximum Gasteiger partial charge on any atom is 0.355 e. The summed E-state index contributed by atoms with van der Waals surface area (Å²) >= 11 is 6.20. The van der Waals surface area contributed by atoms with Gasteiger partial charge in [-0.1, -0.05) is 41.9 Å². The number of methoxy groups -OCH3 is 2. The molecule has 174 valence electrons. The summed E-state index contributed by atoms with van der Waals surface area (Å²) in [4.78, 5) is 36.8. The molecule has 0 amide bonds. The Morgan fingerprint density at radius 3 is 2.35 bits per heavy atom. The number of hydrogen-bond donors (Lipinski definition) is 1. The largest absolute Gasteiger partial charge is 0.466 e. The monoisotopic (exact) mass is 486 g/mol. The summed E-state index contributed by atoms with van der Waals surface area (Å²) in [5, 5.41) is 20.7. The predicted octanol–water partition coefficient (Wildman–Crippen LogP) is 3.29. The van der Waals surface area contributed by atoms with Gasteiger partial charge in [0.15, 0.2) is 0 Å². The van der Waals surface area contributed by atoms with Crippen molar-refractivity contribution in [3.63, 3.8) is 0 Å². The molecule has 0 aliphatic carbocycles. The first-order valence-corrected chi connectivity index (χ1v) is 9.84. The van der Waals surface area contributed by atoms with Crippen LogP contribution < -0.4 is 10.6 Å². The third kappa shape index (κ3) is 4.02. The maximum atomic E-state index is 14.5. The zero-order valence-corrected chi connectivity index (χ0v) is 18.5. The summed E-state index contributed by atoms with van der Waals surface area (Å²) in [6.45, 7) is 0. The molecule has 0 bridgehead atoms. The number of nitrogens with zero attached hydrogens (tertiary/aromatic N) is 3. The maximum absolute atomic E-state index is 14.5. The molecule has 0 aromatic heterocycles. The van der Waals surface area contributed by atoms with Crippen LogP contribution in [-0.4, -0.2) is 31.1 Å². The highest BCUT2D eigenvalue weighted by Crippen LogP contribution is 2.45. The molecule has 1 atom stereocenters. The quantitative estimate of drug-likeness (QED) is 0.381. The summed E-state index contributed by atoms with van der Waals surface area (Å²) in [7, 11) is 2.11. The summed E-state index contributed by atoms with van der Waals surface area (Å²) in [5.74, 6) is -4.84. The van der Waals surface area contributed by atoms with E-state index in [2.05, 4.69) is 0 Å². The van der Waals surface area contributed by atoms with Crippen LogP contribution in [0.2, 0.25) is 5.02 Å². The van der Waals surface area contributed by atoms with E-state index < -0.39 is 40.0 Å². The van der Waals surface area contributed by atoms with Gasteiger partial charge in [-0.3, -0.25) is 15.0 Å². The molecule has 0 fully saturated rings. The van der Waals surface area contributed by atoms with E-state index in [1.807, 2.05) is 6.07 Å². The lowest BCUT2D eigenvalue weighted by atomic mass is 9.81. The Kier molecular flexibility index (Phi) is 6.84. The van der Waals surface area contributed by atoms with E-state index in [4.69, 9.17) is 26.8 Å². The zero-order chi connectivity index (χ0) is 25.2. The van der Waals surface area contributed by atoms with Gasteiger partial charge in [-0.2, -0.15) is 9.65 Å². The number of nitro groups is 1. The van der Waals surface area contributed by atoms with Gasteiger partial charge >= 0.3 is 17.6 Å². The SMILES string of the molecule is COC(=O)C1=C(C(=O)OC)N(c2cc(F)c([N+](=O)[O-])cc2Cl)C(N)=C(C#N)C1c1ccccc1. The number of nitro benzene ring substituents is 1. The van der Waals surface area contributed by atoms with Crippen molar-refractivity contribution < 1.29 is 28.4 Å². The Morgan fingerprint density at radius 2 is 1.82 bits per heavy atom. The predicted molar refractivity (Wildman–Crippen MR) is 118 cm³/mol. The Bertz CT molecular complexity index is 1300. The lowest BCUT2D eigenvalue weighted by molar-refractivity contribution is -0.387. The van der Waals surface area contributed by atoms with Gasteiger partial charge in [-0.15, -0.1) is 0 Å². The molecule has 0 spiro atoms. The first kappa shape index (κ1) is 24.2. The second kappa shape index (κ2) is 9.60. The van der Waals surface area contributed by atoms with Gasteiger partial charge in [0.1, 0.15) is 11.5 Å². The number of rotatable bonds is 5. The molecule has 2 aromatic rings.